The van der Waals surface area contributed by atoms with Gasteiger partial charge in [-0.15, -0.1) is 0 Å². The highest BCUT2D eigenvalue weighted by Crippen LogP contribution is 2.36. The summed E-state index contributed by atoms with van der Waals surface area (Å²) in [6, 6.07) is 10.3. The number of rotatable bonds is 6. The number of ether oxygens (including phenoxy) is 2. The van der Waals surface area contributed by atoms with E-state index in [1.54, 1.807) is 0 Å². The molecule has 2 rings (SSSR count). The zero-order valence-electron chi connectivity index (χ0n) is 14.0. The molecule has 1 heterocycles. The van der Waals surface area contributed by atoms with Crippen LogP contribution >= 0.6 is 0 Å². The van der Waals surface area contributed by atoms with Gasteiger partial charge in [0.15, 0.2) is 0 Å². The summed E-state index contributed by atoms with van der Waals surface area (Å²) in [6.45, 7) is 7.65. The molecule has 3 unspecified atom stereocenters. The van der Waals surface area contributed by atoms with Crippen molar-refractivity contribution in [3.05, 3.63) is 35.9 Å². The molecule has 0 bridgehead atoms. The summed E-state index contributed by atoms with van der Waals surface area (Å²) in [4.78, 5) is 12.3. The molecule has 0 aromatic heterocycles. The molecule has 0 spiro atoms. The molecule has 4 heteroatoms. The maximum atomic E-state index is 12.3. The third-order valence-corrected chi connectivity index (χ3v) is 4.67. The van der Waals surface area contributed by atoms with E-state index in [0.29, 0.717) is 5.92 Å². The van der Waals surface area contributed by atoms with E-state index in [4.69, 9.17) is 9.47 Å². The Morgan fingerprint density at radius 3 is 2.59 bits per heavy atom. The van der Waals surface area contributed by atoms with Gasteiger partial charge in [-0.3, -0.25) is 4.79 Å². The van der Waals surface area contributed by atoms with E-state index in [9.17, 15) is 4.79 Å². The Bertz CT molecular complexity index is 480. The van der Waals surface area contributed by atoms with Crippen LogP contribution in [0.3, 0.4) is 0 Å². The lowest BCUT2D eigenvalue weighted by atomic mass is 9.79. The predicted molar refractivity (Wildman–Crippen MR) is 86.5 cm³/mol. The zero-order valence-corrected chi connectivity index (χ0v) is 14.0. The van der Waals surface area contributed by atoms with E-state index >= 15 is 0 Å². The number of carbonyl (C=O) groups excluding carboxylic acids is 1. The third kappa shape index (κ3) is 3.68. The van der Waals surface area contributed by atoms with Gasteiger partial charge in [0.1, 0.15) is 0 Å². The summed E-state index contributed by atoms with van der Waals surface area (Å²) in [6.07, 6.45) is 1.06. The van der Waals surface area contributed by atoms with Gasteiger partial charge in [-0.2, -0.15) is 0 Å². The molecule has 1 fully saturated rings. The highest BCUT2D eigenvalue weighted by atomic mass is 16.5. The molecule has 1 aliphatic rings. The molecule has 0 aliphatic carbocycles. The molecule has 122 valence electrons. The van der Waals surface area contributed by atoms with Crippen LogP contribution in [0, 0.1) is 11.3 Å². The highest BCUT2D eigenvalue weighted by molar-refractivity contribution is 5.77. The van der Waals surface area contributed by atoms with Crippen LogP contribution in [0.5, 0.6) is 0 Å². The minimum absolute atomic E-state index is 0.100. The second-order valence-corrected chi connectivity index (χ2v) is 6.64. The first-order valence-electron chi connectivity index (χ1n) is 7.94. The molecule has 0 amide bonds. The monoisotopic (exact) mass is 305 g/mol. The van der Waals surface area contributed by atoms with Crippen LogP contribution in [0.1, 0.15) is 38.8 Å². The standard InChI is InChI=1S/C18H27NO3/c1-13(15-10-11-22-12-15)19-16(14-8-6-5-7-9-14)18(2,3)17(20)21-4/h5-9,13,15-16,19H,10-12H2,1-4H3. The van der Waals surface area contributed by atoms with Crippen LogP contribution in [-0.4, -0.2) is 32.3 Å². The van der Waals surface area contributed by atoms with Gasteiger partial charge in [-0.05, 0) is 38.7 Å². The lowest BCUT2D eigenvalue weighted by Gasteiger charge is -2.36. The fourth-order valence-electron chi connectivity index (χ4n) is 3.09. The second kappa shape index (κ2) is 7.25. The maximum Gasteiger partial charge on any atom is 0.313 e. The molecule has 22 heavy (non-hydrogen) atoms. The van der Waals surface area contributed by atoms with E-state index in [1.165, 1.54) is 7.11 Å². The summed E-state index contributed by atoms with van der Waals surface area (Å²) in [7, 11) is 1.44. The third-order valence-electron chi connectivity index (χ3n) is 4.67. The summed E-state index contributed by atoms with van der Waals surface area (Å²) >= 11 is 0. The van der Waals surface area contributed by atoms with Crippen LogP contribution in [0.15, 0.2) is 30.3 Å². The van der Waals surface area contributed by atoms with E-state index in [0.717, 1.165) is 25.2 Å². The zero-order chi connectivity index (χ0) is 16.2. The minimum Gasteiger partial charge on any atom is -0.469 e. The average molecular weight is 305 g/mol. The Morgan fingerprint density at radius 2 is 2.05 bits per heavy atom. The molecule has 1 aliphatic heterocycles. The molecule has 1 saturated heterocycles. The highest BCUT2D eigenvalue weighted by Gasteiger charge is 2.40. The number of esters is 1. The molecule has 1 aromatic rings. The lowest BCUT2D eigenvalue weighted by molar-refractivity contribution is -0.152. The molecule has 1 aromatic carbocycles. The number of benzene rings is 1. The average Bonchev–Trinajstić information content (AvgIpc) is 3.06. The van der Waals surface area contributed by atoms with Crippen LogP contribution in [0.2, 0.25) is 0 Å². The van der Waals surface area contributed by atoms with Crippen LogP contribution in [0.4, 0.5) is 0 Å². The van der Waals surface area contributed by atoms with Crippen molar-refractivity contribution in [3.8, 4) is 0 Å². The second-order valence-electron chi connectivity index (χ2n) is 6.64. The van der Waals surface area contributed by atoms with Gasteiger partial charge >= 0.3 is 5.97 Å². The number of carbonyl (C=O) groups is 1. The predicted octanol–water partition coefficient (Wildman–Crippen LogP) is 2.94. The van der Waals surface area contributed by atoms with Crippen LogP contribution in [-0.2, 0) is 14.3 Å². The van der Waals surface area contributed by atoms with Crippen molar-refractivity contribution >= 4 is 5.97 Å². The van der Waals surface area contributed by atoms with Gasteiger partial charge in [0.05, 0.1) is 19.1 Å². The summed E-state index contributed by atoms with van der Waals surface area (Å²) < 4.78 is 10.5. The molecular formula is C18H27NO3. The molecule has 1 N–H and O–H groups in total. The Morgan fingerprint density at radius 1 is 1.36 bits per heavy atom. The smallest absolute Gasteiger partial charge is 0.313 e. The molecule has 3 atom stereocenters. The normalized spacial score (nSPS) is 21.4. The summed E-state index contributed by atoms with van der Waals surface area (Å²) in [5.41, 5.74) is 0.452. The largest absolute Gasteiger partial charge is 0.469 e. The van der Waals surface area contributed by atoms with Gasteiger partial charge in [0.25, 0.3) is 0 Å². The van der Waals surface area contributed by atoms with E-state index in [2.05, 4.69) is 24.4 Å². The van der Waals surface area contributed by atoms with Crippen LogP contribution in [0.25, 0.3) is 0 Å². The number of methoxy groups -OCH3 is 1. The van der Waals surface area contributed by atoms with Crippen molar-refractivity contribution in [1.82, 2.24) is 5.32 Å². The number of nitrogens with one attached hydrogen (secondary N) is 1. The number of hydrogen-bond acceptors (Lipinski definition) is 4. The Balaban J connectivity index is 2.23. The Labute approximate surface area is 133 Å². The van der Waals surface area contributed by atoms with Gasteiger partial charge in [0.2, 0.25) is 0 Å². The van der Waals surface area contributed by atoms with Crippen LogP contribution < -0.4 is 5.32 Å². The van der Waals surface area contributed by atoms with E-state index in [-0.39, 0.29) is 18.1 Å². The van der Waals surface area contributed by atoms with Crippen molar-refractivity contribution in [3.63, 3.8) is 0 Å². The Kier molecular flexibility index (Phi) is 5.59. The van der Waals surface area contributed by atoms with Gasteiger partial charge in [0, 0.05) is 18.7 Å². The molecule has 4 nitrogen and oxygen atoms in total. The van der Waals surface area contributed by atoms with Crippen molar-refractivity contribution in [1.29, 1.82) is 0 Å². The van der Waals surface area contributed by atoms with Crippen molar-refractivity contribution in [2.24, 2.45) is 11.3 Å². The van der Waals surface area contributed by atoms with Gasteiger partial charge in [-0.1, -0.05) is 30.3 Å². The maximum absolute atomic E-state index is 12.3. The van der Waals surface area contributed by atoms with Crippen molar-refractivity contribution < 1.29 is 14.3 Å². The lowest BCUT2D eigenvalue weighted by Crippen LogP contribution is -2.46. The molecule has 0 radical (unpaired) electrons. The molecule has 0 saturated carbocycles. The fourth-order valence-corrected chi connectivity index (χ4v) is 3.09. The van der Waals surface area contributed by atoms with Gasteiger partial charge < -0.3 is 14.8 Å². The fraction of sp³-hybridized carbons (Fsp3) is 0.611. The first-order valence-corrected chi connectivity index (χ1v) is 7.94. The quantitative estimate of drug-likeness (QED) is 0.821. The van der Waals surface area contributed by atoms with E-state index in [1.807, 2.05) is 32.0 Å². The van der Waals surface area contributed by atoms with Crippen molar-refractivity contribution in [2.45, 2.75) is 39.3 Å². The van der Waals surface area contributed by atoms with Crippen molar-refractivity contribution in [2.75, 3.05) is 20.3 Å². The Hall–Kier alpha value is -1.39. The van der Waals surface area contributed by atoms with E-state index < -0.39 is 5.41 Å². The first-order chi connectivity index (χ1) is 10.5. The summed E-state index contributed by atoms with van der Waals surface area (Å²) in [5, 5.41) is 3.65. The topological polar surface area (TPSA) is 47.6 Å². The summed E-state index contributed by atoms with van der Waals surface area (Å²) in [5.74, 6) is 0.281. The van der Waals surface area contributed by atoms with Gasteiger partial charge in [-0.25, -0.2) is 0 Å². The molecular weight excluding hydrogens is 278 g/mol. The number of hydrogen-bond donors (Lipinski definition) is 1. The first kappa shape index (κ1) is 17.0. The minimum atomic E-state index is -0.649. The SMILES string of the molecule is COC(=O)C(C)(C)C(NC(C)C1CCOC1)c1ccccc1.